The highest BCUT2D eigenvalue weighted by atomic mass is 79.9. The number of fused-ring (bicyclic) bond motifs is 1. The number of likely N-dealkylation sites (tertiary alicyclic amines) is 1. The van der Waals surface area contributed by atoms with Gasteiger partial charge in [-0.1, -0.05) is 62.2 Å². The zero-order chi connectivity index (χ0) is 12.8. The molecule has 2 aliphatic rings. The number of piperidine rings is 1. The summed E-state index contributed by atoms with van der Waals surface area (Å²) >= 11 is 7.24. The van der Waals surface area contributed by atoms with E-state index in [1.807, 2.05) is 30.3 Å². The Morgan fingerprint density at radius 1 is 1.28 bits per heavy atom. The smallest absolute Gasteiger partial charge is 0.410 e. The summed E-state index contributed by atoms with van der Waals surface area (Å²) in [4.78, 5) is 13.7. The molecule has 2 fully saturated rings. The van der Waals surface area contributed by atoms with Crippen molar-refractivity contribution in [3.63, 3.8) is 0 Å². The number of hydrogen-bond donors (Lipinski definition) is 0. The first kappa shape index (κ1) is 12.5. The average Bonchev–Trinajstić information content (AvgIpc) is 2.78. The van der Waals surface area contributed by atoms with Crippen molar-refractivity contribution in [2.75, 3.05) is 13.1 Å². The van der Waals surface area contributed by atoms with Gasteiger partial charge in [0.05, 0.1) is 3.23 Å². The Kier molecular flexibility index (Phi) is 3.14. The van der Waals surface area contributed by atoms with E-state index in [0.717, 1.165) is 18.7 Å². The van der Waals surface area contributed by atoms with E-state index in [4.69, 9.17) is 4.74 Å². The van der Waals surface area contributed by atoms with Crippen LogP contribution in [0.5, 0.6) is 0 Å². The van der Waals surface area contributed by atoms with E-state index in [2.05, 4.69) is 31.9 Å². The van der Waals surface area contributed by atoms with E-state index in [0.29, 0.717) is 18.4 Å². The van der Waals surface area contributed by atoms with E-state index >= 15 is 0 Å². The van der Waals surface area contributed by atoms with E-state index in [1.165, 1.54) is 0 Å². The molecular formula is C13H13Br2NO2. The third kappa shape index (κ3) is 2.18. The van der Waals surface area contributed by atoms with Gasteiger partial charge in [-0.05, 0) is 5.56 Å². The fraction of sp³-hybridized carbons (Fsp3) is 0.462. The van der Waals surface area contributed by atoms with Gasteiger partial charge in [0.25, 0.3) is 0 Å². The summed E-state index contributed by atoms with van der Waals surface area (Å²) < 4.78 is 5.37. The van der Waals surface area contributed by atoms with Crippen molar-refractivity contribution >= 4 is 38.0 Å². The van der Waals surface area contributed by atoms with E-state index in [1.54, 1.807) is 4.90 Å². The molecule has 0 aromatic heterocycles. The van der Waals surface area contributed by atoms with E-state index in [-0.39, 0.29) is 9.33 Å². The van der Waals surface area contributed by atoms with Crippen LogP contribution < -0.4 is 0 Å². The molecule has 1 heterocycles. The number of amides is 1. The highest BCUT2D eigenvalue weighted by molar-refractivity contribution is 9.25. The van der Waals surface area contributed by atoms with Crippen molar-refractivity contribution < 1.29 is 9.53 Å². The van der Waals surface area contributed by atoms with Gasteiger partial charge in [0, 0.05) is 24.9 Å². The molecule has 1 aromatic carbocycles. The molecule has 0 N–H and O–H groups in total. The van der Waals surface area contributed by atoms with Gasteiger partial charge in [-0.15, -0.1) is 0 Å². The Balaban J connectivity index is 1.49. The van der Waals surface area contributed by atoms with Crippen LogP contribution in [0.15, 0.2) is 30.3 Å². The molecule has 1 aliphatic carbocycles. The molecule has 2 unspecified atom stereocenters. The quantitative estimate of drug-likeness (QED) is 0.742. The summed E-state index contributed by atoms with van der Waals surface area (Å²) in [7, 11) is 0. The Morgan fingerprint density at radius 2 is 1.89 bits per heavy atom. The van der Waals surface area contributed by atoms with Crippen LogP contribution >= 0.6 is 31.9 Å². The predicted molar refractivity (Wildman–Crippen MR) is 75.8 cm³/mol. The molecule has 0 spiro atoms. The largest absolute Gasteiger partial charge is 0.445 e. The number of benzene rings is 1. The molecule has 1 saturated carbocycles. The first-order valence-corrected chi connectivity index (χ1v) is 7.51. The molecule has 5 heteroatoms. The number of carbonyl (C=O) groups is 1. The number of carbonyl (C=O) groups excluding carboxylic acids is 1. The van der Waals surface area contributed by atoms with Gasteiger partial charge in [0.15, 0.2) is 0 Å². The lowest BCUT2D eigenvalue weighted by atomic mass is 10.2. The normalized spacial score (nSPS) is 27.8. The number of alkyl halides is 2. The van der Waals surface area contributed by atoms with Crippen molar-refractivity contribution in [1.82, 2.24) is 4.90 Å². The lowest BCUT2D eigenvalue weighted by molar-refractivity contribution is 0.100. The van der Waals surface area contributed by atoms with Crippen LogP contribution in [0.2, 0.25) is 0 Å². The van der Waals surface area contributed by atoms with Crippen LogP contribution in [0, 0.1) is 11.8 Å². The first-order chi connectivity index (χ1) is 8.59. The molecule has 1 aromatic rings. The maximum atomic E-state index is 11.9. The summed E-state index contributed by atoms with van der Waals surface area (Å²) in [5.74, 6) is 1.03. The molecule has 18 heavy (non-hydrogen) atoms. The predicted octanol–water partition coefficient (Wildman–Crippen LogP) is 3.37. The third-order valence-electron chi connectivity index (χ3n) is 3.66. The van der Waals surface area contributed by atoms with Crippen molar-refractivity contribution in [2.45, 2.75) is 9.84 Å². The SMILES string of the molecule is O=C(OCc1ccccc1)N1CC2C(C1)C2(Br)Br. The highest BCUT2D eigenvalue weighted by Crippen LogP contribution is 2.65. The number of ether oxygens (including phenoxy) is 1. The summed E-state index contributed by atoms with van der Waals surface area (Å²) in [5, 5.41) is 0. The van der Waals surface area contributed by atoms with Crippen molar-refractivity contribution in [3.8, 4) is 0 Å². The second kappa shape index (κ2) is 4.53. The minimum Gasteiger partial charge on any atom is -0.445 e. The van der Waals surface area contributed by atoms with Gasteiger partial charge in [-0.2, -0.15) is 0 Å². The van der Waals surface area contributed by atoms with E-state index < -0.39 is 0 Å². The van der Waals surface area contributed by atoms with E-state index in [9.17, 15) is 4.79 Å². The van der Waals surface area contributed by atoms with Crippen LogP contribution in [0.4, 0.5) is 4.79 Å². The number of nitrogens with zero attached hydrogens (tertiary/aromatic N) is 1. The molecule has 3 nitrogen and oxygen atoms in total. The van der Waals surface area contributed by atoms with Crippen molar-refractivity contribution in [3.05, 3.63) is 35.9 Å². The average molecular weight is 375 g/mol. The summed E-state index contributed by atoms with van der Waals surface area (Å²) in [5.41, 5.74) is 1.02. The second-order valence-electron chi connectivity index (χ2n) is 4.83. The van der Waals surface area contributed by atoms with Gasteiger partial charge in [0.2, 0.25) is 0 Å². The first-order valence-electron chi connectivity index (χ1n) is 5.92. The van der Waals surface area contributed by atoms with Gasteiger partial charge in [0.1, 0.15) is 6.61 Å². The third-order valence-corrected chi connectivity index (χ3v) is 6.02. The topological polar surface area (TPSA) is 29.5 Å². The second-order valence-corrected chi connectivity index (χ2v) is 8.52. The molecule has 0 radical (unpaired) electrons. The Hall–Kier alpha value is -0.550. The molecule has 96 valence electrons. The number of hydrogen-bond acceptors (Lipinski definition) is 2. The van der Waals surface area contributed by atoms with Gasteiger partial charge in [-0.3, -0.25) is 0 Å². The van der Waals surface area contributed by atoms with Crippen LogP contribution in [-0.2, 0) is 11.3 Å². The molecule has 1 amide bonds. The van der Waals surface area contributed by atoms with Gasteiger partial charge < -0.3 is 9.64 Å². The maximum absolute atomic E-state index is 11.9. The molecule has 1 saturated heterocycles. The minimum atomic E-state index is -0.207. The van der Waals surface area contributed by atoms with Crippen molar-refractivity contribution in [1.29, 1.82) is 0 Å². The summed E-state index contributed by atoms with van der Waals surface area (Å²) in [6.07, 6.45) is -0.207. The Bertz CT molecular complexity index is 449. The fourth-order valence-electron chi connectivity index (χ4n) is 2.47. The van der Waals surface area contributed by atoms with Crippen LogP contribution in [0.1, 0.15) is 5.56 Å². The molecule has 1 aliphatic heterocycles. The molecule has 2 atom stereocenters. The zero-order valence-corrected chi connectivity index (χ0v) is 12.9. The van der Waals surface area contributed by atoms with Gasteiger partial charge >= 0.3 is 6.09 Å². The Morgan fingerprint density at radius 3 is 2.50 bits per heavy atom. The van der Waals surface area contributed by atoms with Crippen LogP contribution in [0.3, 0.4) is 0 Å². The molecular weight excluding hydrogens is 362 g/mol. The lowest BCUT2D eigenvalue weighted by Crippen LogP contribution is -2.33. The lowest BCUT2D eigenvalue weighted by Gasteiger charge is -2.20. The molecule has 0 bridgehead atoms. The summed E-state index contributed by atoms with van der Waals surface area (Å²) in [6.45, 7) is 1.89. The van der Waals surface area contributed by atoms with Gasteiger partial charge in [-0.25, -0.2) is 4.79 Å². The Labute approximate surface area is 123 Å². The monoisotopic (exact) mass is 373 g/mol. The number of rotatable bonds is 2. The van der Waals surface area contributed by atoms with Crippen LogP contribution in [-0.4, -0.2) is 27.3 Å². The fourth-order valence-corrected chi connectivity index (χ4v) is 4.06. The van der Waals surface area contributed by atoms with Crippen LogP contribution in [0.25, 0.3) is 0 Å². The van der Waals surface area contributed by atoms with Crippen molar-refractivity contribution in [2.24, 2.45) is 11.8 Å². The minimum absolute atomic E-state index is 0.0657. The maximum Gasteiger partial charge on any atom is 0.410 e. The number of halogens is 2. The zero-order valence-electron chi connectivity index (χ0n) is 9.68. The molecule has 3 rings (SSSR count). The standard InChI is InChI=1S/C13H13Br2NO2/c14-13(15)10-6-16(7-11(10)13)12(17)18-8-9-4-2-1-3-5-9/h1-5,10-11H,6-8H2. The highest BCUT2D eigenvalue weighted by Gasteiger charge is 2.66. The summed E-state index contributed by atoms with van der Waals surface area (Å²) in [6, 6.07) is 9.74.